The molecule has 0 bridgehead atoms. The maximum absolute atomic E-state index is 11.7. The molecular weight excluding hydrogens is 365 g/mol. The van der Waals surface area contributed by atoms with E-state index in [1.807, 2.05) is 29.7 Å². The van der Waals surface area contributed by atoms with Gasteiger partial charge < -0.3 is 9.88 Å². The van der Waals surface area contributed by atoms with Crippen molar-refractivity contribution in [3.8, 4) is 0 Å². The van der Waals surface area contributed by atoms with Crippen molar-refractivity contribution < 1.29 is 4.79 Å². The van der Waals surface area contributed by atoms with E-state index in [2.05, 4.69) is 32.9 Å². The number of imidazole rings is 1. The van der Waals surface area contributed by atoms with Crippen molar-refractivity contribution >= 4 is 51.1 Å². The number of nitrogens with one attached hydrogen (secondary N) is 1. The number of carbonyl (C=O) groups excluding carboxylic acids is 1. The summed E-state index contributed by atoms with van der Waals surface area (Å²) in [6.07, 6.45) is 0. The third-order valence-electron chi connectivity index (χ3n) is 2.58. The SMILES string of the molecule is CCNC(=O)Cn1c(CCl)nc2cc(I)ccc21. The van der Waals surface area contributed by atoms with Crippen LogP contribution in [0, 0.1) is 3.57 Å². The molecule has 1 aromatic carbocycles. The van der Waals surface area contributed by atoms with Crippen molar-refractivity contribution in [1.82, 2.24) is 14.9 Å². The van der Waals surface area contributed by atoms with Crippen molar-refractivity contribution in [2.24, 2.45) is 0 Å². The predicted octanol–water partition coefficient (Wildman–Crippen LogP) is 2.52. The lowest BCUT2D eigenvalue weighted by Crippen LogP contribution is -2.27. The Balaban J connectivity index is 2.43. The molecule has 1 heterocycles. The number of fused-ring (bicyclic) bond motifs is 1. The maximum Gasteiger partial charge on any atom is 0.239 e. The van der Waals surface area contributed by atoms with Gasteiger partial charge in [0.1, 0.15) is 12.4 Å². The minimum atomic E-state index is -0.0262. The molecule has 1 amide bonds. The highest BCUT2D eigenvalue weighted by molar-refractivity contribution is 14.1. The zero-order chi connectivity index (χ0) is 13.1. The molecule has 4 nitrogen and oxygen atoms in total. The van der Waals surface area contributed by atoms with Crippen LogP contribution in [0.2, 0.25) is 0 Å². The summed E-state index contributed by atoms with van der Waals surface area (Å²) in [7, 11) is 0. The largest absolute Gasteiger partial charge is 0.355 e. The molecule has 0 aliphatic rings. The lowest BCUT2D eigenvalue weighted by atomic mass is 10.3. The zero-order valence-corrected chi connectivity index (χ0v) is 12.8. The van der Waals surface area contributed by atoms with Crippen molar-refractivity contribution in [1.29, 1.82) is 0 Å². The first-order valence-corrected chi connectivity index (χ1v) is 7.24. The first-order chi connectivity index (χ1) is 8.65. The fourth-order valence-corrected chi connectivity index (χ4v) is 2.51. The third kappa shape index (κ3) is 2.77. The van der Waals surface area contributed by atoms with Crippen LogP contribution in [-0.4, -0.2) is 22.0 Å². The summed E-state index contributed by atoms with van der Waals surface area (Å²) in [5, 5.41) is 2.78. The minimum absolute atomic E-state index is 0.0262. The number of amides is 1. The van der Waals surface area contributed by atoms with E-state index in [1.54, 1.807) is 0 Å². The van der Waals surface area contributed by atoms with Crippen LogP contribution in [0.15, 0.2) is 18.2 Å². The molecule has 0 unspecified atom stereocenters. The molecule has 0 saturated heterocycles. The smallest absolute Gasteiger partial charge is 0.239 e. The predicted molar refractivity (Wildman–Crippen MR) is 80.7 cm³/mol. The highest BCUT2D eigenvalue weighted by Gasteiger charge is 2.12. The van der Waals surface area contributed by atoms with Crippen molar-refractivity contribution in [2.45, 2.75) is 19.3 Å². The quantitative estimate of drug-likeness (QED) is 0.657. The molecule has 6 heteroatoms. The fraction of sp³-hybridized carbons (Fsp3) is 0.333. The van der Waals surface area contributed by atoms with Crippen LogP contribution in [0.4, 0.5) is 0 Å². The first kappa shape index (κ1) is 13.6. The summed E-state index contributed by atoms with van der Waals surface area (Å²) in [5.41, 5.74) is 1.82. The van der Waals surface area contributed by atoms with E-state index in [1.165, 1.54) is 0 Å². The van der Waals surface area contributed by atoms with Crippen LogP contribution in [0.1, 0.15) is 12.7 Å². The molecule has 0 aliphatic carbocycles. The van der Waals surface area contributed by atoms with Crippen molar-refractivity contribution in [2.75, 3.05) is 6.54 Å². The minimum Gasteiger partial charge on any atom is -0.355 e. The van der Waals surface area contributed by atoms with Gasteiger partial charge in [-0.1, -0.05) is 0 Å². The first-order valence-electron chi connectivity index (χ1n) is 5.63. The summed E-state index contributed by atoms with van der Waals surface area (Å²) in [6, 6.07) is 5.95. The number of carbonyl (C=O) groups is 1. The van der Waals surface area contributed by atoms with Gasteiger partial charge in [-0.25, -0.2) is 4.98 Å². The van der Waals surface area contributed by atoms with Gasteiger partial charge in [0.2, 0.25) is 5.91 Å². The van der Waals surface area contributed by atoms with Crippen LogP contribution in [0.3, 0.4) is 0 Å². The van der Waals surface area contributed by atoms with E-state index in [0.717, 1.165) is 20.4 Å². The molecular formula is C12H13ClIN3O. The van der Waals surface area contributed by atoms with Gasteiger partial charge in [0, 0.05) is 10.1 Å². The number of hydrogen-bond donors (Lipinski definition) is 1. The van der Waals surface area contributed by atoms with Gasteiger partial charge in [0.25, 0.3) is 0 Å². The number of rotatable bonds is 4. The molecule has 0 radical (unpaired) electrons. The second-order valence-electron chi connectivity index (χ2n) is 3.83. The van der Waals surface area contributed by atoms with E-state index < -0.39 is 0 Å². The Bertz CT molecular complexity index is 582. The third-order valence-corrected chi connectivity index (χ3v) is 3.49. The maximum atomic E-state index is 11.7. The van der Waals surface area contributed by atoms with Crippen molar-refractivity contribution in [3.63, 3.8) is 0 Å². The summed E-state index contributed by atoms with van der Waals surface area (Å²) in [4.78, 5) is 16.1. The van der Waals surface area contributed by atoms with Crippen LogP contribution in [-0.2, 0) is 17.2 Å². The summed E-state index contributed by atoms with van der Waals surface area (Å²) >= 11 is 8.13. The van der Waals surface area contributed by atoms with Crippen LogP contribution in [0.5, 0.6) is 0 Å². The number of aromatic nitrogens is 2. The second kappa shape index (κ2) is 5.88. The molecule has 1 N–H and O–H groups in total. The van der Waals surface area contributed by atoms with E-state index in [-0.39, 0.29) is 12.5 Å². The number of halogens is 2. The summed E-state index contributed by atoms with van der Waals surface area (Å²) < 4.78 is 2.98. The Labute approximate surface area is 124 Å². The second-order valence-corrected chi connectivity index (χ2v) is 5.35. The van der Waals surface area contributed by atoms with Gasteiger partial charge in [0.15, 0.2) is 0 Å². The Morgan fingerprint density at radius 3 is 3.00 bits per heavy atom. The Morgan fingerprint density at radius 2 is 2.33 bits per heavy atom. The lowest BCUT2D eigenvalue weighted by molar-refractivity contribution is -0.121. The lowest BCUT2D eigenvalue weighted by Gasteiger charge is -2.07. The average molecular weight is 378 g/mol. The Hall–Kier alpha value is -0.820. The van der Waals surface area contributed by atoms with E-state index in [0.29, 0.717) is 12.4 Å². The number of hydrogen-bond acceptors (Lipinski definition) is 2. The standard InChI is InChI=1S/C12H13ClIN3O/c1-2-15-12(18)7-17-10-4-3-8(14)5-9(10)16-11(17)6-13/h3-5H,2,6-7H2,1H3,(H,15,18). The van der Waals surface area contributed by atoms with Gasteiger partial charge in [-0.2, -0.15) is 0 Å². The zero-order valence-electron chi connectivity index (χ0n) is 9.91. The number of likely N-dealkylation sites (N-methyl/N-ethyl adjacent to an activating group) is 1. The van der Waals surface area contributed by atoms with E-state index in [4.69, 9.17) is 11.6 Å². The average Bonchev–Trinajstić information content (AvgIpc) is 2.66. The molecule has 0 atom stereocenters. The van der Waals surface area contributed by atoms with Crippen molar-refractivity contribution in [3.05, 3.63) is 27.6 Å². The molecule has 1 aromatic heterocycles. The Kier molecular flexibility index (Phi) is 4.45. The topological polar surface area (TPSA) is 46.9 Å². The van der Waals surface area contributed by atoms with Gasteiger partial charge >= 0.3 is 0 Å². The van der Waals surface area contributed by atoms with Gasteiger partial charge in [0.05, 0.1) is 16.9 Å². The van der Waals surface area contributed by atoms with Gasteiger partial charge in [-0.3, -0.25) is 4.79 Å². The highest BCUT2D eigenvalue weighted by atomic mass is 127. The highest BCUT2D eigenvalue weighted by Crippen LogP contribution is 2.20. The molecule has 96 valence electrons. The Morgan fingerprint density at radius 1 is 1.56 bits per heavy atom. The fourth-order valence-electron chi connectivity index (χ4n) is 1.83. The molecule has 0 saturated carbocycles. The van der Waals surface area contributed by atoms with Crippen LogP contribution < -0.4 is 5.32 Å². The number of nitrogens with zero attached hydrogens (tertiary/aromatic N) is 2. The van der Waals surface area contributed by atoms with Gasteiger partial charge in [-0.05, 0) is 47.7 Å². The molecule has 2 aromatic rings. The molecule has 0 spiro atoms. The van der Waals surface area contributed by atoms with Crippen LogP contribution in [0.25, 0.3) is 11.0 Å². The molecule has 0 fully saturated rings. The molecule has 2 rings (SSSR count). The van der Waals surface area contributed by atoms with E-state index >= 15 is 0 Å². The van der Waals surface area contributed by atoms with Crippen LogP contribution >= 0.6 is 34.2 Å². The number of benzene rings is 1. The normalized spacial score (nSPS) is 10.8. The summed E-state index contributed by atoms with van der Waals surface area (Å²) in [6.45, 7) is 2.78. The summed E-state index contributed by atoms with van der Waals surface area (Å²) in [5.74, 6) is 0.992. The molecule has 0 aliphatic heterocycles. The van der Waals surface area contributed by atoms with E-state index in [9.17, 15) is 4.79 Å². The number of alkyl halides is 1. The monoisotopic (exact) mass is 377 g/mol. The molecule has 18 heavy (non-hydrogen) atoms. The van der Waals surface area contributed by atoms with Gasteiger partial charge in [-0.15, -0.1) is 11.6 Å².